The summed E-state index contributed by atoms with van der Waals surface area (Å²) in [6.07, 6.45) is 0. The van der Waals surface area contributed by atoms with E-state index in [0.717, 1.165) is 9.87 Å². The lowest BCUT2D eigenvalue weighted by atomic mass is 10.2. The summed E-state index contributed by atoms with van der Waals surface area (Å²) in [6, 6.07) is 15.5. The van der Waals surface area contributed by atoms with Gasteiger partial charge in [-0.3, -0.25) is 0 Å². The molecule has 1 atom stereocenters. The molecule has 0 radical (unpaired) electrons. The molecule has 0 bridgehead atoms. The third-order valence-corrected chi connectivity index (χ3v) is 5.62. The second kappa shape index (κ2) is 7.59. The van der Waals surface area contributed by atoms with Gasteiger partial charge in [-0.25, -0.2) is 8.42 Å². The van der Waals surface area contributed by atoms with Gasteiger partial charge in [-0.15, -0.1) is 0 Å². The molecule has 1 unspecified atom stereocenters. The number of benzene rings is 2. The van der Waals surface area contributed by atoms with Crippen LogP contribution in [0.15, 0.2) is 59.5 Å². The van der Waals surface area contributed by atoms with Crippen molar-refractivity contribution in [2.45, 2.75) is 24.5 Å². The molecule has 0 saturated heterocycles. The largest absolute Gasteiger partial charge is 0.489 e. The van der Waals surface area contributed by atoms with Crippen LogP contribution in [0.5, 0.6) is 5.75 Å². The lowest BCUT2D eigenvalue weighted by molar-refractivity contribution is 0.214. The Kier molecular flexibility index (Phi) is 5.76. The second-order valence-electron chi connectivity index (χ2n) is 5.30. The Hall–Kier alpha value is -1.89. The number of sulfonamides is 1. The van der Waals surface area contributed by atoms with Crippen LogP contribution in [-0.2, 0) is 16.6 Å². The summed E-state index contributed by atoms with van der Waals surface area (Å²) in [5.41, 5.74) is 1.04. The van der Waals surface area contributed by atoms with Gasteiger partial charge in [-0.05, 0) is 36.8 Å². The van der Waals surface area contributed by atoms with Crippen molar-refractivity contribution in [2.75, 3.05) is 13.7 Å². The van der Waals surface area contributed by atoms with E-state index in [0.29, 0.717) is 12.4 Å². The van der Waals surface area contributed by atoms with Gasteiger partial charge in [0.25, 0.3) is 0 Å². The van der Waals surface area contributed by atoms with Gasteiger partial charge in [-0.2, -0.15) is 4.31 Å². The van der Waals surface area contributed by atoms with E-state index in [2.05, 4.69) is 0 Å². The number of ether oxygens (including phenoxy) is 1. The van der Waals surface area contributed by atoms with E-state index >= 15 is 0 Å². The molecule has 2 rings (SSSR count). The van der Waals surface area contributed by atoms with Gasteiger partial charge in [0.2, 0.25) is 10.0 Å². The molecular formula is C17H21NO4S. The van der Waals surface area contributed by atoms with E-state index in [1.807, 2.05) is 30.3 Å². The molecule has 0 saturated carbocycles. The summed E-state index contributed by atoms with van der Waals surface area (Å²) in [6.45, 7) is 1.84. The van der Waals surface area contributed by atoms with Crippen molar-refractivity contribution in [2.24, 2.45) is 0 Å². The fourth-order valence-corrected chi connectivity index (χ4v) is 3.32. The molecule has 1 N–H and O–H groups in total. The summed E-state index contributed by atoms with van der Waals surface area (Å²) in [5, 5.41) is 9.11. The molecule has 0 aliphatic rings. The lowest BCUT2D eigenvalue weighted by Crippen LogP contribution is -2.37. The van der Waals surface area contributed by atoms with Gasteiger partial charge in [0.05, 0.1) is 11.5 Å². The Morgan fingerprint density at radius 1 is 1.09 bits per heavy atom. The van der Waals surface area contributed by atoms with Crippen LogP contribution in [0.1, 0.15) is 12.5 Å². The summed E-state index contributed by atoms with van der Waals surface area (Å²) >= 11 is 0. The second-order valence-corrected chi connectivity index (χ2v) is 7.30. The quantitative estimate of drug-likeness (QED) is 0.843. The van der Waals surface area contributed by atoms with Crippen LogP contribution in [0.25, 0.3) is 0 Å². The van der Waals surface area contributed by atoms with Gasteiger partial charge < -0.3 is 9.84 Å². The Morgan fingerprint density at radius 3 is 2.26 bits per heavy atom. The molecule has 23 heavy (non-hydrogen) atoms. The SMILES string of the molecule is CC(CO)N(C)S(=O)(=O)c1ccc(OCc2ccccc2)cc1. The zero-order valence-electron chi connectivity index (χ0n) is 13.2. The first-order valence-electron chi connectivity index (χ1n) is 7.31. The first-order chi connectivity index (χ1) is 10.9. The van der Waals surface area contributed by atoms with Crippen molar-refractivity contribution >= 4 is 10.0 Å². The Balaban J connectivity index is 2.07. The van der Waals surface area contributed by atoms with Crippen LogP contribution in [0.3, 0.4) is 0 Å². The molecule has 5 nitrogen and oxygen atoms in total. The van der Waals surface area contributed by atoms with Crippen LogP contribution < -0.4 is 4.74 Å². The molecule has 0 aromatic heterocycles. The summed E-state index contributed by atoms with van der Waals surface area (Å²) in [5.74, 6) is 0.602. The summed E-state index contributed by atoms with van der Waals surface area (Å²) in [4.78, 5) is 0.173. The van der Waals surface area contributed by atoms with Gasteiger partial charge in [0, 0.05) is 13.1 Å². The number of hydrogen-bond donors (Lipinski definition) is 1. The maximum atomic E-state index is 12.4. The monoisotopic (exact) mass is 335 g/mol. The normalized spacial score (nSPS) is 13.0. The van der Waals surface area contributed by atoms with Crippen LogP contribution in [0.4, 0.5) is 0 Å². The van der Waals surface area contributed by atoms with E-state index in [1.165, 1.54) is 19.2 Å². The van der Waals surface area contributed by atoms with E-state index < -0.39 is 16.1 Å². The van der Waals surface area contributed by atoms with Gasteiger partial charge in [-0.1, -0.05) is 30.3 Å². The molecule has 0 heterocycles. The van der Waals surface area contributed by atoms with Crippen molar-refractivity contribution < 1.29 is 18.3 Å². The number of aliphatic hydroxyl groups is 1. The number of aliphatic hydroxyl groups excluding tert-OH is 1. The predicted octanol–water partition coefficient (Wildman–Crippen LogP) is 2.27. The van der Waals surface area contributed by atoms with Crippen molar-refractivity contribution in [3.63, 3.8) is 0 Å². The first-order valence-corrected chi connectivity index (χ1v) is 8.75. The highest BCUT2D eigenvalue weighted by atomic mass is 32.2. The highest BCUT2D eigenvalue weighted by Gasteiger charge is 2.24. The molecular weight excluding hydrogens is 314 g/mol. The third-order valence-electron chi connectivity index (χ3n) is 3.63. The standard InChI is InChI=1S/C17H21NO4S/c1-14(12-19)18(2)23(20,21)17-10-8-16(9-11-17)22-13-15-6-4-3-5-7-15/h3-11,14,19H,12-13H2,1-2H3. The fraction of sp³-hybridized carbons (Fsp3) is 0.294. The smallest absolute Gasteiger partial charge is 0.243 e. The molecule has 124 valence electrons. The molecule has 2 aromatic carbocycles. The van der Waals surface area contributed by atoms with Crippen molar-refractivity contribution in [1.82, 2.24) is 4.31 Å². The number of likely N-dealkylation sites (N-methyl/N-ethyl adjacent to an activating group) is 1. The van der Waals surface area contributed by atoms with E-state index in [9.17, 15) is 8.42 Å². The van der Waals surface area contributed by atoms with Crippen LogP contribution in [-0.4, -0.2) is 37.5 Å². The highest BCUT2D eigenvalue weighted by molar-refractivity contribution is 7.89. The molecule has 0 spiro atoms. The maximum absolute atomic E-state index is 12.4. The first kappa shape index (κ1) is 17.5. The van der Waals surface area contributed by atoms with Gasteiger partial charge >= 0.3 is 0 Å². The minimum atomic E-state index is -3.62. The minimum Gasteiger partial charge on any atom is -0.489 e. The molecule has 2 aromatic rings. The number of hydrogen-bond acceptors (Lipinski definition) is 4. The lowest BCUT2D eigenvalue weighted by Gasteiger charge is -2.22. The minimum absolute atomic E-state index is 0.173. The zero-order valence-corrected chi connectivity index (χ0v) is 14.0. The van der Waals surface area contributed by atoms with Crippen molar-refractivity contribution in [1.29, 1.82) is 0 Å². The van der Waals surface area contributed by atoms with Crippen LogP contribution in [0.2, 0.25) is 0 Å². The Labute approximate surface area is 137 Å². The number of nitrogens with zero attached hydrogens (tertiary/aromatic N) is 1. The van der Waals surface area contributed by atoms with E-state index in [-0.39, 0.29) is 11.5 Å². The Bertz CT molecular complexity index is 714. The molecule has 0 aliphatic carbocycles. The third kappa shape index (κ3) is 4.31. The average molecular weight is 335 g/mol. The average Bonchev–Trinajstić information content (AvgIpc) is 2.59. The zero-order chi connectivity index (χ0) is 16.9. The highest BCUT2D eigenvalue weighted by Crippen LogP contribution is 2.20. The molecule has 0 fully saturated rings. The molecule has 0 aliphatic heterocycles. The van der Waals surface area contributed by atoms with Crippen molar-refractivity contribution in [3.05, 3.63) is 60.2 Å². The summed E-state index contributed by atoms with van der Waals surface area (Å²) < 4.78 is 31.6. The van der Waals surface area contributed by atoms with Crippen LogP contribution >= 0.6 is 0 Å². The fourth-order valence-electron chi connectivity index (χ4n) is 1.97. The number of rotatable bonds is 7. The molecule has 0 amide bonds. The Morgan fingerprint density at radius 2 is 1.70 bits per heavy atom. The topological polar surface area (TPSA) is 66.8 Å². The van der Waals surface area contributed by atoms with Gasteiger partial charge in [0.1, 0.15) is 12.4 Å². The summed E-state index contributed by atoms with van der Waals surface area (Å²) in [7, 11) is -2.16. The van der Waals surface area contributed by atoms with Crippen LogP contribution in [0, 0.1) is 0 Å². The maximum Gasteiger partial charge on any atom is 0.243 e. The predicted molar refractivity (Wildman–Crippen MR) is 88.7 cm³/mol. The van der Waals surface area contributed by atoms with Gasteiger partial charge in [0.15, 0.2) is 0 Å². The van der Waals surface area contributed by atoms with E-state index in [4.69, 9.17) is 9.84 Å². The molecule has 6 heteroatoms. The van der Waals surface area contributed by atoms with Crippen molar-refractivity contribution in [3.8, 4) is 5.75 Å². The van der Waals surface area contributed by atoms with E-state index in [1.54, 1.807) is 19.1 Å².